The number of carboxylic acid groups (broad SMARTS) is 1. The second-order valence-corrected chi connectivity index (χ2v) is 4.14. The molecule has 1 aromatic heterocycles. The highest BCUT2D eigenvalue weighted by Crippen LogP contribution is 2.25. The fourth-order valence-electron chi connectivity index (χ4n) is 2.21. The molecule has 0 aliphatic carbocycles. The molecule has 1 fully saturated rings. The SMILES string of the molecule is O=C(O)c1nn(C2COC2)c2c1CCNC2. The molecule has 0 saturated carbocycles. The normalized spacial score (nSPS) is 20.2. The molecule has 16 heavy (non-hydrogen) atoms. The zero-order chi connectivity index (χ0) is 11.1. The van der Waals surface area contributed by atoms with E-state index < -0.39 is 5.97 Å². The number of aromatic carboxylic acids is 1. The molecule has 1 saturated heterocycles. The van der Waals surface area contributed by atoms with Crippen molar-refractivity contribution in [3.63, 3.8) is 0 Å². The van der Waals surface area contributed by atoms with Crippen LogP contribution in [0.1, 0.15) is 27.8 Å². The van der Waals surface area contributed by atoms with E-state index in [1.54, 1.807) is 0 Å². The van der Waals surface area contributed by atoms with E-state index in [9.17, 15) is 4.79 Å². The Morgan fingerprint density at radius 2 is 2.38 bits per heavy atom. The van der Waals surface area contributed by atoms with Gasteiger partial charge in [-0.1, -0.05) is 0 Å². The van der Waals surface area contributed by atoms with E-state index in [0.29, 0.717) is 19.8 Å². The minimum Gasteiger partial charge on any atom is -0.476 e. The number of nitrogens with one attached hydrogen (secondary N) is 1. The van der Waals surface area contributed by atoms with Crippen LogP contribution in [0.25, 0.3) is 0 Å². The summed E-state index contributed by atoms with van der Waals surface area (Å²) in [7, 11) is 0. The highest BCUT2D eigenvalue weighted by Gasteiger charge is 2.30. The van der Waals surface area contributed by atoms with E-state index in [2.05, 4.69) is 10.4 Å². The predicted octanol–water partition coefficient (Wildman–Crippen LogP) is -0.202. The molecule has 2 aliphatic heterocycles. The molecule has 2 aliphatic rings. The van der Waals surface area contributed by atoms with Crippen molar-refractivity contribution in [2.75, 3.05) is 19.8 Å². The maximum Gasteiger partial charge on any atom is 0.356 e. The van der Waals surface area contributed by atoms with Gasteiger partial charge >= 0.3 is 5.97 Å². The van der Waals surface area contributed by atoms with Crippen molar-refractivity contribution in [3.05, 3.63) is 17.0 Å². The lowest BCUT2D eigenvalue weighted by molar-refractivity contribution is -0.0302. The van der Waals surface area contributed by atoms with Crippen molar-refractivity contribution in [2.24, 2.45) is 0 Å². The van der Waals surface area contributed by atoms with Gasteiger partial charge in [-0.15, -0.1) is 0 Å². The summed E-state index contributed by atoms with van der Waals surface area (Å²) in [6.45, 7) is 2.78. The Labute approximate surface area is 92.2 Å². The van der Waals surface area contributed by atoms with Gasteiger partial charge in [0.25, 0.3) is 0 Å². The summed E-state index contributed by atoms with van der Waals surface area (Å²) in [5.74, 6) is -0.933. The number of carbonyl (C=O) groups is 1. The van der Waals surface area contributed by atoms with Crippen LogP contribution in [-0.2, 0) is 17.7 Å². The zero-order valence-corrected chi connectivity index (χ0v) is 8.77. The molecule has 0 aromatic carbocycles. The molecule has 2 N–H and O–H groups in total. The minimum absolute atomic E-state index is 0.210. The molecular weight excluding hydrogens is 210 g/mol. The standard InChI is InChI=1S/C10H13N3O3/c14-10(15)9-7-1-2-11-3-8(7)13(12-9)6-4-16-5-6/h6,11H,1-5H2,(H,14,15). The topological polar surface area (TPSA) is 76.4 Å². The van der Waals surface area contributed by atoms with E-state index in [1.807, 2.05) is 4.68 Å². The first-order valence-electron chi connectivity index (χ1n) is 5.39. The summed E-state index contributed by atoms with van der Waals surface area (Å²) in [6.07, 6.45) is 0.741. The van der Waals surface area contributed by atoms with Gasteiger partial charge in [0.2, 0.25) is 0 Å². The number of nitrogens with zero attached hydrogens (tertiary/aromatic N) is 2. The number of hydrogen-bond acceptors (Lipinski definition) is 4. The first kappa shape index (κ1) is 9.80. The number of rotatable bonds is 2. The fourth-order valence-corrected chi connectivity index (χ4v) is 2.21. The smallest absolute Gasteiger partial charge is 0.356 e. The summed E-state index contributed by atoms with van der Waals surface area (Å²) < 4.78 is 6.95. The third kappa shape index (κ3) is 1.34. The summed E-state index contributed by atoms with van der Waals surface area (Å²) in [4.78, 5) is 11.1. The monoisotopic (exact) mass is 223 g/mol. The highest BCUT2D eigenvalue weighted by molar-refractivity contribution is 5.87. The third-order valence-electron chi connectivity index (χ3n) is 3.13. The van der Waals surface area contributed by atoms with Crippen LogP contribution in [0.4, 0.5) is 0 Å². The van der Waals surface area contributed by atoms with Crippen LogP contribution in [-0.4, -0.2) is 40.6 Å². The third-order valence-corrected chi connectivity index (χ3v) is 3.13. The molecule has 0 spiro atoms. The Bertz CT molecular complexity index is 437. The second-order valence-electron chi connectivity index (χ2n) is 4.14. The van der Waals surface area contributed by atoms with Crippen molar-refractivity contribution in [1.82, 2.24) is 15.1 Å². The van der Waals surface area contributed by atoms with Crippen molar-refractivity contribution in [1.29, 1.82) is 0 Å². The van der Waals surface area contributed by atoms with Gasteiger partial charge in [-0.05, 0) is 13.0 Å². The summed E-state index contributed by atoms with van der Waals surface area (Å²) in [6, 6.07) is 0.210. The molecule has 0 bridgehead atoms. The number of hydrogen-bond donors (Lipinski definition) is 2. The van der Waals surface area contributed by atoms with Crippen LogP contribution in [0.3, 0.4) is 0 Å². The lowest BCUT2D eigenvalue weighted by Crippen LogP contribution is -2.34. The van der Waals surface area contributed by atoms with Crippen LogP contribution >= 0.6 is 0 Å². The molecule has 0 atom stereocenters. The average Bonchev–Trinajstić information content (AvgIpc) is 2.56. The highest BCUT2D eigenvalue weighted by atomic mass is 16.5. The second kappa shape index (κ2) is 3.57. The summed E-state index contributed by atoms with van der Waals surface area (Å²) >= 11 is 0. The molecule has 3 heterocycles. The number of carboxylic acids is 1. The van der Waals surface area contributed by atoms with Crippen LogP contribution in [0.15, 0.2) is 0 Å². The van der Waals surface area contributed by atoms with Gasteiger partial charge in [0.05, 0.1) is 24.9 Å². The van der Waals surface area contributed by atoms with Gasteiger partial charge in [-0.3, -0.25) is 4.68 Å². The minimum atomic E-state index is -0.933. The van der Waals surface area contributed by atoms with E-state index in [-0.39, 0.29) is 11.7 Å². The average molecular weight is 223 g/mol. The molecule has 0 unspecified atom stereocenters. The maximum atomic E-state index is 11.1. The first-order valence-corrected chi connectivity index (χ1v) is 5.39. The lowest BCUT2D eigenvalue weighted by Gasteiger charge is -2.28. The Hall–Kier alpha value is -1.40. The molecule has 6 heteroatoms. The van der Waals surface area contributed by atoms with Gasteiger partial charge in [-0.25, -0.2) is 4.79 Å². The quantitative estimate of drug-likeness (QED) is 0.726. The van der Waals surface area contributed by atoms with Crippen molar-refractivity contribution in [3.8, 4) is 0 Å². The first-order chi connectivity index (χ1) is 7.77. The molecule has 86 valence electrons. The zero-order valence-electron chi connectivity index (χ0n) is 8.77. The Kier molecular flexibility index (Phi) is 2.19. The Morgan fingerprint density at radius 1 is 1.56 bits per heavy atom. The van der Waals surface area contributed by atoms with Crippen LogP contribution in [0.5, 0.6) is 0 Å². The Balaban J connectivity index is 2.07. The van der Waals surface area contributed by atoms with Gasteiger partial charge in [0, 0.05) is 12.1 Å². The number of ether oxygens (including phenoxy) is 1. The van der Waals surface area contributed by atoms with Crippen molar-refractivity contribution in [2.45, 2.75) is 19.0 Å². The fraction of sp³-hybridized carbons (Fsp3) is 0.600. The molecular formula is C10H13N3O3. The molecule has 0 amide bonds. The predicted molar refractivity (Wildman–Crippen MR) is 54.5 cm³/mol. The van der Waals surface area contributed by atoms with E-state index >= 15 is 0 Å². The summed E-state index contributed by atoms with van der Waals surface area (Å²) in [5.41, 5.74) is 2.11. The van der Waals surface area contributed by atoms with E-state index in [0.717, 1.165) is 24.2 Å². The van der Waals surface area contributed by atoms with Gasteiger partial charge in [0.15, 0.2) is 5.69 Å². The number of fused-ring (bicyclic) bond motifs is 1. The van der Waals surface area contributed by atoms with E-state index in [1.165, 1.54) is 0 Å². The van der Waals surface area contributed by atoms with Gasteiger partial charge in [0.1, 0.15) is 0 Å². The number of aromatic nitrogens is 2. The van der Waals surface area contributed by atoms with Gasteiger partial charge in [-0.2, -0.15) is 5.10 Å². The van der Waals surface area contributed by atoms with Crippen molar-refractivity contribution < 1.29 is 14.6 Å². The maximum absolute atomic E-state index is 11.1. The van der Waals surface area contributed by atoms with Gasteiger partial charge < -0.3 is 15.2 Å². The van der Waals surface area contributed by atoms with Crippen LogP contribution < -0.4 is 5.32 Å². The Morgan fingerprint density at radius 3 is 3.00 bits per heavy atom. The molecule has 0 radical (unpaired) electrons. The van der Waals surface area contributed by atoms with Crippen LogP contribution in [0, 0.1) is 0 Å². The van der Waals surface area contributed by atoms with Crippen LogP contribution in [0.2, 0.25) is 0 Å². The van der Waals surface area contributed by atoms with Crippen molar-refractivity contribution >= 4 is 5.97 Å². The molecule has 1 aromatic rings. The van der Waals surface area contributed by atoms with E-state index in [4.69, 9.17) is 9.84 Å². The summed E-state index contributed by atoms with van der Waals surface area (Å²) in [5, 5.41) is 16.6. The largest absolute Gasteiger partial charge is 0.476 e. The lowest BCUT2D eigenvalue weighted by atomic mass is 10.1. The molecule has 6 nitrogen and oxygen atoms in total. The molecule has 3 rings (SSSR count).